The van der Waals surface area contributed by atoms with Crippen LogP contribution in [-0.2, 0) is 4.79 Å². The minimum absolute atomic E-state index is 0.0423. The fourth-order valence-electron chi connectivity index (χ4n) is 4.34. The lowest BCUT2D eigenvalue weighted by atomic mass is 10.0. The Morgan fingerprint density at radius 2 is 1.76 bits per heavy atom. The van der Waals surface area contributed by atoms with Crippen LogP contribution in [0.15, 0.2) is 60.8 Å². The van der Waals surface area contributed by atoms with E-state index in [0.29, 0.717) is 34.4 Å². The van der Waals surface area contributed by atoms with Gasteiger partial charge in [-0.3, -0.25) is 19.4 Å². The van der Waals surface area contributed by atoms with Crippen molar-refractivity contribution in [3.8, 4) is 11.3 Å². The number of aldehydes is 1. The summed E-state index contributed by atoms with van der Waals surface area (Å²) in [5, 5.41) is 2.93. The fraction of sp³-hybridized carbons (Fsp3) is 0.250. The van der Waals surface area contributed by atoms with Crippen molar-refractivity contribution in [1.29, 1.82) is 0 Å². The predicted octanol–water partition coefficient (Wildman–Crippen LogP) is 3.36. The van der Waals surface area contributed by atoms with Crippen LogP contribution in [0.5, 0.6) is 0 Å². The number of nitrogens with zero attached hydrogens (tertiary/aromatic N) is 3. The average Bonchev–Trinajstić information content (AvgIpc) is 2.93. The number of benzene rings is 2. The van der Waals surface area contributed by atoms with Gasteiger partial charge in [0.25, 0.3) is 11.8 Å². The molecule has 2 heterocycles. The standard InChI is InChI=1S/C28H29N5O4/c1-32(14-15-34)28(37)21-7-5-6-20(16-21)27(36)31-24-9-8-22(33-12-3-2-4-13-33)18-23(24)25-17-19(26(29)35)10-11-30-25/h5-11,15-18H,2-4,12-14H2,1H3,(H2,29,35)(H,31,36). The van der Waals surface area contributed by atoms with Gasteiger partial charge in [0.15, 0.2) is 0 Å². The summed E-state index contributed by atoms with van der Waals surface area (Å²) in [5.41, 5.74) is 9.06. The van der Waals surface area contributed by atoms with Crippen molar-refractivity contribution in [3.63, 3.8) is 0 Å². The van der Waals surface area contributed by atoms with Crippen LogP contribution in [0, 0.1) is 0 Å². The Bertz CT molecular complexity index is 1330. The second-order valence-corrected chi connectivity index (χ2v) is 8.96. The lowest BCUT2D eigenvalue weighted by Crippen LogP contribution is -2.29. The molecule has 4 rings (SSSR count). The van der Waals surface area contributed by atoms with E-state index in [1.807, 2.05) is 18.2 Å². The summed E-state index contributed by atoms with van der Waals surface area (Å²) in [4.78, 5) is 56.4. The zero-order valence-electron chi connectivity index (χ0n) is 20.6. The van der Waals surface area contributed by atoms with Gasteiger partial charge in [0.1, 0.15) is 6.29 Å². The summed E-state index contributed by atoms with van der Waals surface area (Å²) in [6.07, 6.45) is 5.58. The zero-order chi connectivity index (χ0) is 26.4. The lowest BCUT2D eigenvalue weighted by molar-refractivity contribution is -0.108. The summed E-state index contributed by atoms with van der Waals surface area (Å²) in [6, 6.07) is 15.2. The minimum atomic E-state index is -0.567. The smallest absolute Gasteiger partial charge is 0.255 e. The van der Waals surface area contributed by atoms with Crippen molar-refractivity contribution >= 4 is 35.4 Å². The number of piperidine rings is 1. The number of carbonyl (C=O) groups excluding carboxylic acids is 4. The van der Waals surface area contributed by atoms with Crippen LogP contribution >= 0.6 is 0 Å². The van der Waals surface area contributed by atoms with Crippen molar-refractivity contribution in [2.75, 3.05) is 36.9 Å². The Kier molecular flexibility index (Phi) is 7.92. The van der Waals surface area contributed by atoms with E-state index in [-0.39, 0.29) is 18.0 Å². The summed E-state index contributed by atoms with van der Waals surface area (Å²) in [5.74, 6) is -1.34. The van der Waals surface area contributed by atoms with Crippen LogP contribution in [0.2, 0.25) is 0 Å². The Hall–Kier alpha value is -4.53. The quantitative estimate of drug-likeness (QED) is 0.458. The number of likely N-dealkylation sites (N-methyl/N-ethyl adjacent to an activating group) is 1. The molecule has 0 atom stereocenters. The molecule has 3 N–H and O–H groups in total. The molecule has 0 radical (unpaired) electrons. The van der Waals surface area contributed by atoms with Gasteiger partial charge < -0.3 is 25.6 Å². The minimum Gasteiger partial charge on any atom is -0.372 e. The van der Waals surface area contributed by atoms with Gasteiger partial charge in [-0.15, -0.1) is 0 Å². The molecule has 9 heteroatoms. The van der Waals surface area contributed by atoms with Gasteiger partial charge in [0.05, 0.1) is 17.9 Å². The number of amides is 3. The highest BCUT2D eigenvalue weighted by Crippen LogP contribution is 2.33. The van der Waals surface area contributed by atoms with Gasteiger partial charge in [0, 0.05) is 54.3 Å². The molecule has 3 amide bonds. The SMILES string of the molecule is CN(CC=O)C(=O)c1cccc(C(=O)Nc2ccc(N3CCCCC3)cc2-c2cc(C(N)=O)ccn2)c1. The summed E-state index contributed by atoms with van der Waals surface area (Å²) in [6.45, 7) is 1.85. The van der Waals surface area contributed by atoms with Crippen LogP contribution in [0.3, 0.4) is 0 Å². The number of aromatic nitrogens is 1. The van der Waals surface area contributed by atoms with Crippen molar-refractivity contribution in [2.45, 2.75) is 19.3 Å². The number of primary amides is 1. The van der Waals surface area contributed by atoms with E-state index in [0.717, 1.165) is 31.6 Å². The highest BCUT2D eigenvalue weighted by molar-refractivity contribution is 6.08. The number of nitrogens with one attached hydrogen (secondary N) is 1. The molecule has 1 fully saturated rings. The monoisotopic (exact) mass is 499 g/mol. The van der Waals surface area contributed by atoms with Crippen LogP contribution in [0.4, 0.5) is 11.4 Å². The Balaban J connectivity index is 1.67. The molecule has 0 saturated carbocycles. The first-order valence-corrected chi connectivity index (χ1v) is 12.1. The van der Waals surface area contributed by atoms with Crippen LogP contribution in [-0.4, -0.2) is 60.6 Å². The summed E-state index contributed by atoms with van der Waals surface area (Å²) >= 11 is 0. The molecule has 37 heavy (non-hydrogen) atoms. The molecular formula is C28H29N5O4. The van der Waals surface area contributed by atoms with E-state index in [1.165, 1.54) is 30.6 Å². The number of pyridine rings is 1. The van der Waals surface area contributed by atoms with E-state index in [9.17, 15) is 19.2 Å². The largest absolute Gasteiger partial charge is 0.372 e. The van der Waals surface area contributed by atoms with Crippen molar-refractivity contribution in [2.24, 2.45) is 5.73 Å². The number of nitrogens with two attached hydrogens (primary N) is 1. The fourth-order valence-corrected chi connectivity index (χ4v) is 4.34. The van der Waals surface area contributed by atoms with Gasteiger partial charge in [-0.05, 0) is 67.8 Å². The third kappa shape index (κ3) is 6.00. The number of anilines is 2. The molecule has 0 unspecified atom stereocenters. The highest BCUT2D eigenvalue weighted by Gasteiger charge is 2.18. The van der Waals surface area contributed by atoms with Gasteiger partial charge >= 0.3 is 0 Å². The number of rotatable bonds is 8. The van der Waals surface area contributed by atoms with Crippen LogP contribution in [0.25, 0.3) is 11.3 Å². The summed E-state index contributed by atoms with van der Waals surface area (Å²) in [7, 11) is 1.52. The number of carbonyl (C=O) groups is 4. The van der Waals surface area contributed by atoms with Gasteiger partial charge in [-0.2, -0.15) is 0 Å². The normalized spacial score (nSPS) is 13.1. The maximum Gasteiger partial charge on any atom is 0.255 e. The predicted molar refractivity (Wildman–Crippen MR) is 142 cm³/mol. The van der Waals surface area contributed by atoms with Crippen molar-refractivity contribution in [1.82, 2.24) is 9.88 Å². The van der Waals surface area contributed by atoms with E-state index in [2.05, 4.69) is 15.2 Å². The topological polar surface area (TPSA) is 126 Å². The molecule has 0 aliphatic carbocycles. The lowest BCUT2D eigenvalue weighted by Gasteiger charge is -2.29. The Labute approximate surface area is 215 Å². The van der Waals surface area contributed by atoms with Crippen molar-refractivity contribution in [3.05, 3.63) is 77.5 Å². The van der Waals surface area contributed by atoms with E-state index >= 15 is 0 Å². The molecule has 0 spiro atoms. The molecule has 1 saturated heterocycles. The van der Waals surface area contributed by atoms with E-state index in [1.54, 1.807) is 30.3 Å². The Morgan fingerprint density at radius 3 is 2.49 bits per heavy atom. The van der Waals surface area contributed by atoms with Crippen LogP contribution in [0.1, 0.15) is 50.3 Å². The Morgan fingerprint density at radius 1 is 1.00 bits per heavy atom. The average molecular weight is 500 g/mol. The van der Waals surface area contributed by atoms with E-state index in [4.69, 9.17) is 5.73 Å². The molecule has 1 aliphatic rings. The highest BCUT2D eigenvalue weighted by atomic mass is 16.2. The second kappa shape index (κ2) is 11.5. The first kappa shape index (κ1) is 25.6. The molecule has 3 aromatic rings. The third-order valence-corrected chi connectivity index (χ3v) is 6.36. The van der Waals surface area contributed by atoms with Crippen molar-refractivity contribution < 1.29 is 19.2 Å². The molecular weight excluding hydrogens is 470 g/mol. The maximum absolute atomic E-state index is 13.2. The molecule has 9 nitrogen and oxygen atoms in total. The van der Waals surface area contributed by atoms with Gasteiger partial charge in [-0.25, -0.2) is 0 Å². The third-order valence-electron chi connectivity index (χ3n) is 6.36. The first-order chi connectivity index (χ1) is 17.9. The van der Waals surface area contributed by atoms with Gasteiger partial charge in [0.2, 0.25) is 5.91 Å². The number of hydrogen-bond donors (Lipinski definition) is 2. The molecule has 2 aromatic carbocycles. The first-order valence-electron chi connectivity index (χ1n) is 12.1. The summed E-state index contributed by atoms with van der Waals surface area (Å²) < 4.78 is 0. The molecule has 0 bridgehead atoms. The molecule has 1 aliphatic heterocycles. The molecule has 1 aromatic heterocycles. The zero-order valence-corrected chi connectivity index (χ0v) is 20.6. The van der Waals surface area contributed by atoms with E-state index < -0.39 is 11.8 Å². The maximum atomic E-state index is 13.2. The number of hydrogen-bond acceptors (Lipinski definition) is 6. The second-order valence-electron chi connectivity index (χ2n) is 8.96. The van der Waals surface area contributed by atoms with Gasteiger partial charge in [-0.1, -0.05) is 6.07 Å². The van der Waals surface area contributed by atoms with Crippen LogP contribution < -0.4 is 16.0 Å². The molecule has 190 valence electrons.